The Bertz CT molecular complexity index is 292. The van der Waals surface area contributed by atoms with Crippen molar-refractivity contribution in [3.63, 3.8) is 0 Å². The van der Waals surface area contributed by atoms with Crippen LogP contribution < -0.4 is 5.32 Å². The summed E-state index contributed by atoms with van der Waals surface area (Å²) in [6, 6.07) is 0.277. The van der Waals surface area contributed by atoms with Crippen LogP contribution >= 0.6 is 0 Å². The molecule has 0 radical (unpaired) electrons. The highest BCUT2D eigenvalue weighted by Crippen LogP contribution is 2.24. The van der Waals surface area contributed by atoms with E-state index < -0.39 is 5.60 Å². The van der Waals surface area contributed by atoms with Gasteiger partial charge in [0.1, 0.15) is 5.60 Å². The fourth-order valence-corrected chi connectivity index (χ4v) is 2.16. The Morgan fingerprint density at radius 3 is 2.50 bits per heavy atom. The zero-order valence-electron chi connectivity index (χ0n) is 12.2. The molecule has 3 heteroatoms. The predicted molar refractivity (Wildman–Crippen MR) is 74.6 cm³/mol. The Morgan fingerprint density at radius 2 is 2.00 bits per heavy atom. The van der Waals surface area contributed by atoms with Crippen molar-refractivity contribution in [2.24, 2.45) is 0 Å². The minimum atomic E-state index is -0.412. The molecule has 1 fully saturated rings. The molecule has 1 rings (SSSR count). The summed E-state index contributed by atoms with van der Waals surface area (Å²) in [5.41, 5.74) is 1.14. The van der Waals surface area contributed by atoms with Crippen molar-refractivity contribution in [2.75, 3.05) is 0 Å². The molecule has 0 atom stereocenters. The normalized spacial score (nSPS) is 20.4. The molecule has 0 aliphatic heterocycles. The van der Waals surface area contributed by atoms with Gasteiger partial charge in [-0.25, -0.2) is 4.79 Å². The van der Waals surface area contributed by atoms with Gasteiger partial charge < -0.3 is 10.1 Å². The molecule has 0 aromatic heterocycles. The molecule has 0 aromatic carbocycles. The van der Waals surface area contributed by atoms with Crippen LogP contribution in [0.5, 0.6) is 0 Å². The maximum atomic E-state index is 11.6. The average molecular weight is 253 g/mol. The van der Waals surface area contributed by atoms with Crippen LogP contribution in [0.3, 0.4) is 0 Å². The summed E-state index contributed by atoms with van der Waals surface area (Å²) >= 11 is 0. The summed E-state index contributed by atoms with van der Waals surface area (Å²) in [5.74, 6) is 0. The van der Waals surface area contributed by atoms with Gasteiger partial charge in [0.2, 0.25) is 0 Å². The van der Waals surface area contributed by atoms with E-state index in [1.54, 1.807) is 5.57 Å². The van der Waals surface area contributed by atoms with Crippen molar-refractivity contribution in [2.45, 2.75) is 77.9 Å². The monoisotopic (exact) mass is 253 g/mol. The number of alkyl carbamates (subject to hydrolysis) is 1. The highest BCUT2D eigenvalue weighted by atomic mass is 16.6. The van der Waals surface area contributed by atoms with Crippen molar-refractivity contribution in [3.05, 3.63) is 11.6 Å². The van der Waals surface area contributed by atoms with E-state index in [1.807, 2.05) is 20.8 Å². The highest BCUT2D eigenvalue weighted by molar-refractivity contribution is 5.68. The van der Waals surface area contributed by atoms with Crippen LogP contribution in [0.2, 0.25) is 0 Å². The smallest absolute Gasteiger partial charge is 0.407 e. The number of carbonyl (C=O) groups is 1. The van der Waals surface area contributed by atoms with Gasteiger partial charge in [0, 0.05) is 6.04 Å². The zero-order valence-corrected chi connectivity index (χ0v) is 12.2. The minimum absolute atomic E-state index is 0.277. The molecule has 1 N–H and O–H groups in total. The topological polar surface area (TPSA) is 38.3 Å². The summed E-state index contributed by atoms with van der Waals surface area (Å²) in [5, 5.41) is 2.96. The molecule has 0 spiro atoms. The Labute approximate surface area is 111 Å². The molecule has 1 saturated carbocycles. The number of unbranched alkanes of at least 4 members (excludes halogenated alkanes) is 1. The first-order valence-electron chi connectivity index (χ1n) is 7.08. The van der Waals surface area contributed by atoms with Crippen LogP contribution in [0.1, 0.15) is 66.2 Å². The maximum Gasteiger partial charge on any atom is 0.407 e. The lowest BCUT2D eigenvalue weighted by Gasteiger charge is -2.27. The van der Waals surface area contributed by atoms with Crippen LogP contribution in [0.4, 0.5) is 4.79 Å². The third-order valence-electron chi connectivity index (χ3n) is 3.07. The molecular formula is C15H27NO2. The molecule has 1 amide bonds. The van der Waals surface area contributed by atoms with Crippen molar-refractivity contribution in [1.82, 2.24) is 5.32 Å². The van der Waals surface area contributed by atoms with Crippen molar-refractivity contribution in [1.29, 1.82) is 0 Å². The quantitative estimate of drug-likeness (QED) is 0.766. The lowest BCUT2D eigenvalue weighted by molar-refractivity contribution is 0.0496. The molecular weight excluding hydrogens is 226 g/mol. The number of hydrogen-bond acceptors (Lipinski definition) is 2. The van der Waals surface area contributed by atoms with E-state index in [9.17, 15) is 4.79 Å². The number of allylic oxidation sites excluding steroid dienone is 2. The SMILES string of the molecule is CCCC=C1CCC(NC(=O)OC(C)(C)C)CC1. The molecule has 0 unspecified atom stereocenters. The summed E-state index contributed by atoms with van der Waals surface area (Å²) in [4.78, 5) is 11.6. The fourth-order valence-electron chi connectivity index (χ4n) is 2.16. The van der Waals surface area contributed by atoms with Gasteiger partial charge in [0.15, 0.2) is 0 Å². The fraction of sp³-hybridized carbons (Fsp3) is 0.800. The number of rotatable bonds is 3. The van der Waals surface area contributed by atoms with Gasteiger partial charge in [-0.15, -0.1) is 0 Å². The zero-order chi connectivity index (χ0) is 13.6. The molecule has 0 bridgehead atoms. The van der Waals surface area contributed by atoms with Crippen molar-refractivity contribution < 1.29 is 9.53 Å². The minimum Gasteiger partial charge on any atom is -0.444 e. The molecule has 18 heavy (non-hydrogen) atoms. The largest absolute Gasteiger partial charge is 0.444 e. The molecule has 104 valence electrons. The Balaban J connectivity index is 2.29. The van der Waals surface area contributed by atoms with Gasteiger partial charge in [-0.3, -0.25) is 0 Å². The second-order valence-electron chi connectivity index (χ2n) is 6.07. The summed E-state index contributed by atoms with van der Waals surface area (Å²) in [7, 11) is 0. The molecule has 0 aromatic rings. The third-order valence-corrected chi connectivity index (χ3v) is 3.07. The maximum absolute atomic E-state index is 11.6. The molecule has 1 aliphatic carbocycles. The standard InChI is InChI=1S/C15H27NO2/c1-5-6-7-12-8-10-13(11-9-12)16-14(17)18-15(2,3)4/h7,13H,5-6,8-11H2,1-4H3,(H,16,17). The number of nitrogens with one attached hydrogen (secondary N) is 1. The second-order valence-corrected chi connectivity index (χ2v) is 6.07. The number of hydrogen-bond donors (Lipinski definition) is 1. The van der Waals surface area contributed by atoms with E-state index >= 15 is 0 Å². The Hall–Kier alpha value is -0.990. The first-order valence-corrected chi connectivity index (χ1v) is 7.08. The van der Waals surface area contributed by atoms with Crippen LogP contribution in [-0.2, 0) is 4.74 Å². The van der Waals surface area contributed by atoms with Gasteiger partial charge >= 0.3 is 6.09 Å². The first kappa shape index (κ1) is 15.1. The van der Waals surface area contributed by atoms with E-state index in [2.05, 4.69) is 18.3 Å². The Kier molecular flexibility index (Phi) is 5.70. The van der Waals surface area contributed by atoms with Gasteiger partial charge in [0.05, 0.1) is 0 Å². The lowest BCUT2D eigenvalue weighted by atomic mass is 9.90. The van der Waals surface area contributed by atoms with E-state index in [1.165, 1.54) is 12.8 Å². The molecule has 3 nitrogen and oxygen atoms in total. The van der Waals surface area contributed by atoms with Crippen LogP contribution in [0, 0.1) is 0 Å². The van der Waals surface area contributed by atoms with Crippen LogP contribution in [0.25, 0.3) is 0 Å². The molecule has 1 aliphatic rings. The second kappa shape index (κ2) is 6.81. The Morgan fingerprint density at radius 1 is 1.39 bits per heavy atom. The van der Waals surface area contributed by atoms with Crippen LogP contribution in [-0.4, -0.2) is 17.7 Å². The van der Waals surface area contributed by atoms with Gasteiger partial charge in [-0.2, -0.15) is 0 Å². The first-order chi connectivity index (χ1) is 8.40. The van der Waals surface area contributed by atoms with Crippen LogP contribution in [0.15, 0.2) is 11.6 Å². The summed E-state index contributed by atoms with van der Waals surface area (Å²) < 4.78 is 5.27. The average Bonchev–Trinajstić information content (AvgIpc) is 2.25. The number of carbonyl (C=O) groups excluding carboxylic acids is 1. The van der Waals surface area contributed by atoms with E-state index in [-0.39, 0.29) is 12.1 Å². The lowest BCUT2D eigenvalue weighted by Crippen LogP contribution is -2.40. The van der Waals surface area contributed by atoms with E-state index in [0.29, 0.717) is 0 Å². The van der Waals surface area contributed by atoms with E-state index in [0.717, 1.165) is 25.7 Å². The summed E-state index contributed by atoms with van der Waals surface area (Å²) in [6.45, 7) is 7.86. The van der Waals surface area contributed by atoms with Crippen molar-refractivity contribution in [3.8, 4) is 0 Å². The van der Waals surface area contributed by atoms with Gasteiger partial charge in [0.25, 0.3) is 0 Å². The number of ether oxygens (including phenoxy) is 1. The van der Waals surface area contributed by atoms with E-state index in [4.69, 9.17) is 4.74 Å². The molecule has 0 heterocycles. The third kappa shape index (κ3) is 6.08. The van der Waals surface area contributed by atoms with Gasteiger partial charge in [-0.05, 0) is 52.9 Å². The highest BCUT2D eigenvalue weighted by Gasteiger charge is 2.21. The van der Waals surface area contributed by atoms with Gasteiger partial charge in [-0.1, -0.05) is 25.0 Å². The number of amides is 1. The molecule has 0 saturated heterocycles. The van der Waals surface area contributed by atoms with Crippen molar-refractivity contribution >= 4 is 6.09 Å². The summed E-state index contributed by atoms with van der Waals surface area (Å²) in [6.07, 6.45) is 8.77. The predicted octanol–water partition coefficient (Wildman–Crippen LogP) is 4.18.